The standard InChI is InChI=1S/C23H26ClNO3/c1-13-3-4-17-6-18(20(24)25-19(17)14(13)2)11-28-21(26)22-7-15-5-16(8-22)10-23(27,9-15)12-22/h3-4,6,15-16,27H,5,7-12H2,1-2H3/t15-,16-,22?,23?/m1/s1. The van der Waals surface area contributed by atoms with E-state index < -0.39 is 11.0 Å². The maximum atomic E-state index is 13.1. The van der Waals surface area contributed by atoms with E-state index in [1.807, 2.05) is 19.1 Å². The molecule has 0 amide bonds. The maximum absolute atomic E-state index is 13.1. The third-order valence-electron chi connectivity index (χ3n) is 7.36. The van der Waals surface area contributed by atoms with Gasteiger partial charge in [0.2, 0.25) is 0 Å². The van der Waals surface area contributed by atoms with Crippen molar-refractivity contribution in [1.29, 1.82) is 0 Å². The van der Waals surface area contributed by atoms with Gasteiger partial charge in [-0.3, -0.25) is 4.79 Å². The van der Waals surface area contributed by atoms with E-state index in [9.17, 15) is 9.90 Å². The number of carbonyl (C=O) groups is 1. The van der Waals surface area contributed by atoms with Crippen molar-refractivity contribution in [2.75, 3.05) is 0 Å². The number of esters is 1. The van der Waals surface area contributed by atoms with Gasteiger partial charge in [-0.2, -0.15) is 0 Å². The summed E-state index contributed by atoms with van der Waals surface area (Å²) in [6, 6.07) is 6.07. The molecule has 0 unspecified atom stereocenters. The lowest BCUT2D eigenvalue weighted by Gasteiger charge is -2.58. The number of pyridine rings is 1. The molecule has 2 aromatic rings. The normalized spacial score (nSPS) is 33.4. The van der Waals surface area contributed by atoms with Crippen LogP contribution in [-0.2, 0) is 16.1 Å². The third-order valence-corrected chi connectivity index (χ3v) is 7.69. The molecule has 4 nitrogen and oxygen atoms in total. The Labute approximate surface area is 170 Å². The lowest BCUT2D eigenvalue weighted by molar-refractivity contribution is -0.197. The first kappa shape index (κ1) is 18.4. The Hall–Kier alpha value is -1.65. The summed E-state index contributed by atoms with van der Waals surface area (Å²) in [7, 11) is 0. The van der Waals surface area contributed by atoms with E-state index in [0.717, 1.165) is 54.1 Å². The first-order valence-corrected chi connectivity index (χ1v) is 10.6. The van der Waals surface area contributed by atoms with Gasteiger partial charge in [0.15, 0.2) is 0 Å². The molecule has 5 heteroatoms. The Kier molecular flexibility index (Phi) is 4.05. The molecule has 148 valence electrons. The van der Waals surface area contributed by atoms with Crippen LogP contribution in [0.4, 0.5) is 0 Å². The summed E-state index contributed by atoms with van der Waals surface area (Å²) in [5, 5.41) is 12.3. The highest BCUT2D eigenvalue weighted by Crippen LogP contribution is 2.62. The van der Waals surface area contributed by atoms with Crippen LogP contribution in [0, 0.1) is 31.1 Å². The molecule has 0 spiro atoms. The highest BCUT2D eigenvalue weighted by atomic mass is 35.5. The molecule has 4 aliphatic rings. The van der Waals surface area contributed by atoms with E-state index in [4.69, 9.17) is 16.3 Å². The highest BCUT2D eigenvalue weighted by Gasteiger charge is 2.60. The average Bonchev–Trinajstić information content (AvgIpc) is 2.61. The number of benzene rings is 1. The molecule has 1 N–H and O–H groups in total. The lowest BCUT2D eigenvalue weighted by Crippen LogP contribution is -2.58. The van der Waals surface area contributed by atoms with Crippen LogP contribution in [-0.4, -0.2) is 21.7 Å². The molecule has 1 heterocycles. The molecule has 2 atom stereocenters. The predicted molar refractivity (Wildman–Crippen MR) is 108 cm³/mol. The minimum Gasteiger partial charge on any atom is -0.460 e. The van der Waals surface area contributed by atoms with Crippen LogP contribution in [0.25, 0.3) is 10.9 Å². The Bertz CT molecular complexity index is 971. The molecule has 28 heavy (non-hydrogen) atoms. The zero-order valence-corrected chi connectivity index (χ0v) is 17.2. The predicted octanol–water partition coefficient (Wildman–Crippen LogP) is 4.88. The van der Waals surface area contributed by atoms with Crippen LogP contribution in [0.1, 0.15) is 55.2 Å². The van der Waals surface area contributed by atoms with Gasteiger partial charge in [-0.05, 0) is 81.4 Å². The van der Waals surface area contributed by atoms with E-state index >= 15 is 0 Å². The van der Waals surface area contributed by atoms with Gasteiger partial charge in [0.25, 0.3) is 0 Å². The second-order valence-electron chi connectivity index (χ2n) is 9.56. The van der Waals surface area contributed by atoms with E-state index in [0.29, 0.717) is 23.4 Å². The zero-order chi connectivity index (χ0) is 19.7. The molecule has 6 rings (SSSR count). The highest BCUT2D eigenvalue weighted by molar-refractivity contribution is 6.30. The van der Waals surface area contributed by atoms with Gasteiger partial charge < -0.3 is 9.84 Å². The van der Waals surface area contributed by atoms with E-state index in [1.165, 1.54) is 5.56 Å². The van der Waals surface area contributed by atoms with Crippen molar-refractivity contribution in [2.24, 2.45) is 17.3 Å². The largest absolute Gasteiger partial charge is 0.460 e. The molecular weight excluding hydrogens is 374 g/mol. The number of aromatic nitrogens is 1. The zero-order valence-electron chi connectivity index (χ0n) is 16.4. The molecule has 1 aromatic carbocycles. The Balaban J connectivity index is 1.37. The van der Waals surface area contributed by atoms with Gasteiger partial charge in [-0.15, -0.1) is 0 Å². The minimum atomic E-state index is -0.666. The van der Waals surface area contributed by atoms with Crippen molar-refractivity contribution >= 4 is 28.5 Å². The third kappa shape index (κ3) is 2.84. The van der Waals surface area contributed by atoms with Crippen LogP contribution in [0.3, 0.4) is 0 Å². The molecule has 4 aliphatic carbocycles. The summed E-state index contributed by atoms with van der Waals surface area (Å²) in [4.78, 5) is 17.6. The summed E-state index contributed by atoms with van der Waals surface area (Å²) < 4.78 is 5.77. The summed E-state index contributed by atoms with van der Waals surface area (Å²) in [6.45, 7) is 4.22. The van der Waals surface area contributed by atoms with Crippen molar-refractivity contribution in [3.8, 4) is 0 Å². The van der Waals surface area contributed by atoms with Gasteiger partial charge >= 0.3 is 5.97 Å². The summed E-state index contributed by atoms with van der Waals surface area (Å²) in [5.41, 5.74) is 2.74. The second-order valence-corrected chi connectivity index (χ2v) is 9.92. The van der Waals surface area contributed by atoms with Crippen LogP contribution in [0.2, 0.25) is 5.15 Å². The topological polar surface area (TPSA) is 59.4 Å². The number of halogens is 1. The van der Waals surface area contributed by atoms with Crippen LogP contribution < -0.4 is 0 Å². The number of rotatable bonds is 3. The van der Waals surface area contributed by atoms with Crippen molar-refractivity contribution in [3.63, 3.8) is 0 Å². The number of fused-ring (bicyclic) bond motifs is 1. The Morgan fingerprint density at radius 3 is 2.64 bits per heavy atom. The summed E-state index contributed by atoms with van der Waals surface area (Å²) >= 11 is 6.41. The minimum absolute atomic E-state index is 0.128. The van der Waals surface area contributed by atoms with Crippen molar-refractivity contribution in [2.45, 2.75) is 64.6 Å². The Morgan fingerprint density at radius 1 is 1.25 bits per heavy atom. The Morgan fingerprint density at radius 2 is 1.96 bits per heavy atom. The maximum Gasteiger partial charge on any atom is 0.312 e. The van der Waals surface area contributed by atoms with Gasteiger partial charge in [-0.1, -0.05) is 23.7 Å². The number of nitrogens with zero attached hydrogens (tertiary/aromatic N) is 1. The molecule has 4 saturated carbocycles. The number of hydrogen-bond donors (Lipinski definition) is 1. The molecule has 0 saturated heterocycles. The van der Waals surface area contributed by atoms with Gasteiger partial charge in [-0.25, -0.2) is 4.98 Å². The first-order valence-electron chi connectivity index (χ1n) is 10.2. The van der Waals surface area contributed by atoms with Gasteiger partial charge in [0, 0.05) is 10.9 Å². The lowest BCUT2D eigenvalue weighted by atomic mass is 9.48. The smallest absolute Gasteiger partial charge is 0.312 e. The van der Waals surface area contributed by atoms with Gasteiger partial charge in [0.05, 0.1) is 16.5 Å². The average molecular weight is 400 g/mol. The van der Waals surface area contributed by atoms with Crippen molar-refractivity contribution in [3.05, 3.63) is 40.0 Å². The van der Waals surface area contributed by atoms with Crippen LogP contribution in [0.5, 0.6) is 0 Å². The number of aliphatic hydroxyl groups is 1. The molecule has 4 fully saturated rings. The van der Waals surface area contributed by atoms with Crippen LogP contribution in [0.15, 0.2) is 18.2 Å². The fourth-order valence-corrected chi connectivity index (χ4v) is 6.55. The quantitative estimate of drug-likeness (QED) is 0.590. The SMILES string of the molecule is Cc1ccc2cc(COC(=O)C34C[C@H]5C[C@@H](CC(O)(C5)C3)C4)c(Cl)nc2c1C. The number of hydrogen-bond acceptors (Lipinski definition) is 4. The summed E-state index contributed by atoms with van der Waals surface area (Å²) in [5.74, 6) is 0.739. The molecule has 4 bridgehead atoms. The monoisotopic (exact) mass is 399 g/mol. The van der Waals surface area contributed by atoms with Gasteiger partial charge in [0.1, 0.15) is 11.8 Å². The molecule has 1 aromatic heterocycles. The number of carbonyl (C=O) groups excluding carboxylic acids is 1. The van der Waals surface area contributed by atoms with E-state index in [2.05, 4.69) is 18.0 Å². The fraction of sp³-hybridized carbons (Fsp3) is 0.565. The molecule has 0 aliphatic heterocycles. The van der Waals surface area contributed by atoms with Crippen molar-refractivity contribution < 1.29 is 14.6 Å². The molecule has 0 radical (unpaired) electrons. The first-order chi connectivity index (χ1) is 13.3. The van der Waals surface area contributed by atoms with E-state index in [-0.39, 0.29) is 12.6 Å². The number of ether oxygens (including phenoxy) is 1. The summed E-state index contributed by atoms with van der Waals surface area (Å²) in [6.07, 6.45) is 5.10. The van der Waals surface area contributed by atoms with Crippen molar-refractivity contribution in [1.82, 2.24) is 4.98 Å². The van der Waals surface area contributed by atoms with Crippen LogP contribution >= 0.6 is 11.6 Å². The second kappa shape index (κ2) is 6.17. The van der Waals surface area contributed by atoms with E-state index in [1.54, 1.807) is 0 Å². The molecular formula is C23H26ClNO3. The fourth-order valence-electron chi connectivity index (χ4n) is 6.35. The number of aryl methyl sites for hydroxylation is 2.